The maximum atomic E-state index is 12.5. The van der Waals surface area contributed by atoms with Gasteiger partial charge in [0.05, 0.1) is 11.3 Å². The van der Waals surface area contributed by atoms with Crippen LogP contribution in [0, 0.1) is 17.3 Å². The molecule has 2 heterocycles. The number of nitrogens with one attached hydrogen (secondary N) is 1. The highest BCUT2D eigenvalue weighted by atomic mass is 16.4. The molecule has 0 aromatic rings. The van der Waals surface area contributed by atoms with E-state index in [1.54, 1.807) is 4.90 Å². The van der Waals surface area contributed by atoms with Crippen LogP contribution in [0.15, 0.2) is 0 Å². The molecule has 1 saturated carbocycles. The molecular weight excluding hydrogens is 260 g/mol. The van der Waals surface area contributed by atoms with E-state index in [4.69, 9.17) is 0 Å². The molecule has 0 radical (unpaired) electrons. The molecular formula is C14H20N2O4. The SMILES string of the molecule is O=C1CCC(C(=O)N2C[C@@H]3CCC[C@@]3(C(=O)O)C2)CN1. The van der Waals surface area contributed by atoms with Crippen molar-refractivity contribution < 1.29 is 19.5 Å². The average molecular weight is 280 g/mol. The first-order valence-corrected chi connectivity index (χ1v) is 7.32. The first kappa shape index (κ1) is 13.4. The summed E-state index contributed by atoms with van der Waals surface area (Å²) in [5.74, 6) is -0.832. The van der Waals surface area contributed by atoms with Gasteiger partial charge in [-0.3, -0.25) is 14.4 Å². The van der Waals surface area contributed by atoms with Crippen molar-refractivity contribution in [2.45, 2.75) is 32.1 Å². The molecule has 2 amide bonds. The van der Waals surface area contributed by atoms with Crippen LogP contribution in [0.4, 0.5) is 0 Å². The van der Waals surface area contributed by atoms with Crippen LogP contribution in [0.5, 0.6) is 0 Å². The van der Waals surface area contributed by atoms with Crippen LogP contribution in [0.1, 0.15) is 32.1 Å². The minimum Gasteiger partial charge on any atom is -0.481 e. The van der Waals surface area contributed by atoms with Gasteiger partial charge < -0.3 is 15.3 Å². The Balaban J connectivity index is 1.69. The first-order valence-electron chi connectivity index (χ1n) is 7.32. The molecule has 0 bridgehead atoms. The lowest BCUT2D eigenvalue weighted by atomic mass is 9.81. The molecule has 6 heteroatoms. The molecule has 110 valence electrons. The number of fused-ring (bicyclic) bond motifs is 1. The number of carboxylic acid groups (broad SMARTS) is 1. The Morgan fingerprint density at radius 1 is 1.35 bits per heavy atom. The molecule has 20 heavy (non-hydrogen) atoms. The maximum absolute atomic E-state index is 12.5. The molecule has 3 atom stereocenters. The molecule has 2 N–H and O–H groups in total. The highest BCUT2D eigenvalue weighted by molar-refractivity contribution is 5.85. The summed E-state index contributed by atoms with van der Waals surface area (Å²) >= 11 is 0. The molecule has 2 aliphatic heterocycles. The Hall–Kier alpha value is -1.59. The van der Waals surface area contributed by atoms with Gasteiger partial charge in [0.1, 0.15) is 0 Å². The highest BCUT2D eigenvalue weighted by Crippen LogP contribution is 2.49. The smallest absolute Gasteiger partial charge is 0.311 e. The fourth-order valence-corrected chi connectivity index (χ4v) is 4.01. The minimum atomic E-state index is -0.757. The third-order valence-corrected chi connectivity index (χ3v) is 5.22. The summed E-state index contributed by atoms with van der Waals surface area (Å²) in [5.41, 5.74) is -0.715. The summed E-state index contributed by atoms with van der Waals surface area (Å²) in [5, 5.41) is 12.2. The van der Waals surface area contributed by atoms with E-state index in [0.717, 1.165) is 12.8 Å². The number of hydrogen-bond donors (Lipinski definition) is 2. The number of nitrogens with zero attached hydrogens (tertiary/aromatic N) is 1. The predicted octanol–water partition coefficient (Wildman–Crippen LogP) is 0.226. The monoisotopic (exact) mass is 280 g/mol. The fourth-order valence-electron chi connectivity index (χ4n) is 4.01. The van der Waals surface area contributed by atoms with Gasteiger partial charge in [-0.05, 0) is 25.2 Å². The van der Waals surface area contributed by atoms with E-state index in [2.05, 4.69) is 5.32 Å². The fraction of sp³-hybridized carbons (Fsp3) is 0.786. The van der Waals surface area contributed by atoms with Gasteiger partial charge in [0.2, 0.25) is 11.8 Å². The highest BCUT2D eigenvalue weighted by Gasteiger charge is 2.56. The quantitative estimate of drug-likeness (QED) is 0.758. The van der Waals surface area contributed by atoms with Crippen molar-refractivity contribution in [1.29, 1.82) is 0 Å². The molecule has 3 aliphatic rings. The van der Waals surface area contributed by atoms with Crippen molar-refractivity contribution in [3.05, 3.63) is 0 Å². The summed E-state index contributed by atoms with van der Waals surface area (Å²) < 4.78 is 0. The van der Waals surface area contributed by atoms with Gasteiger partial charge >= 0.3 is 5.97 Å². The van der Waals surface area contributed by atoms with Crippen molar-refractivity contribution in [3.8, 4) is 0 Å². The molecule has 1 aliphatic carbocycles. The van der Waals surface area contributed by atoms with Crippen LogP contribution < -0.4 is 5.32 Å². The minimum absolute atomic E-state index is 0.00523. The largest absolute Gasteiger partial charge is 0.481 e. The normalized spacial score (nSPS) is 36.6. The number of aliphatic carboxylic acids is 1. The third kappa shape index (κ3) is 1.98. The van der Waals surface area contributed by atoms with Crippen molar-refractivity contribution in [2.75, 3.05) is 19.6 Å². The van der Waals surface area contributed by atoms with Crippen molar-refractivity contribution in [3.63, 3.8) is 0 Å². The number of carbonyl (C=O) groups excluding carboxylic acids is 2. The number of carbonyl (C=O) groups is 3. The lowest BCUT2D eigenvalue weighted by Gasteiger charge is -2.28. The summed E-state index contributed by atoms with van der Waals surface area (Å²) in [6, 6.07) is 0. The topological polar surface area (TPSA) is 86.7 Å². The number of piperidine rings is 1. The van der Waals surface area contributed by atoms with E-state index in [-0.39, 0.29) is 23.7 Å². The Kier molecular flexibility index (Phi) is 3.18. The van der Waals surface area contributed by atoms with Gasteiger partial charge in [-0.2, -0.15) is 0 Å². The van der Waals surface area contributed by atoms with Crippen LogP contribution in [-0.4, -0.2) is 47.4 Å². The lowest BCUT2D eigenvalue weighted by molar-refractivity contribution is -0.149. The summed E-state index contributed by atoms with van der Waals surface area (Å²) in [6.45, 7) is 1.30. The second-order valence-corrected chi connectivity index (χ2v) is 6.31. The van der Waals surface area contributed by atoms with Gasteiger partial charge in [0.25, 0.3) is 0 Å². The van der Waals surface area contributed by atoms with E-state index in [0.29, 0.717) is 38.9 Å². The second kappa shape index (κ2) is 4.75. The van der Waals surface area contributed by atoms with Crippen molar-refractivity contribution in [2.24, 2.45) is 17.3 Å². The number of likely N-dealkylation sites (tertiary alicyclic amines) is 1. The number of rotatable bonds is 2. The van der Waals surface area contributed by atoms with Crippen LogP contribution in [0.3, 0.4) is 0 Å². The third-order valence-electron chi connectivity index (χ3n) is 5.22. The average Bonchev–Trinajstić information content (AvgIpc) is 2.96. The Morgan fingerprint density at radius 2 is 2.15 bits per heavy atom. The standard InChI is InChI=1S/C14H20N2O4/c17-11-4-3-9(6-15-11)12(18)16-7-10-2-1-5-14(10,8-16)13(19)20/h9-10H,1-8H2,(H,15,17)(H,19,20)/t9?,10-,14+/m0/s1. The van der Waals surface area contributed by atoms with E-state index >= 15 is 0 Å². The van der Waals surface area contributed by atoms with Crippen molar-refractivity contribution >= 4 is 17.8 Å². The molecule has 0 aromatic heterocycles. The van der Waals surface area contributed by atoms with Crippen LogP contribution >= 0.6 is 0 Å². The van der Waals surface area contributed by atoms with Gasteiger partial charge in [-0.1, -0.05) is 6.42 Å². The summed E-state index contributed by atoms with van der Waals surface area (Å²) in [4.78, 5) is 36.9. The maximum Gasteiger partial charge on any atom is 0.311 e. The van der Waals surface area contributed by atoms with Crippen LogP contribution in [0.25, 0.3) is 0 Å². The van der Waals surface area contributed by atoms with Gasteiger partial charge in [-0.25, -0.2) is 0 Å². The number of hydrogen-bond acceptors (Lipinski definition) is 3. The van der Waals surface area contributed by atoms with E-state index in [1.807, 2.05) is 0 Å². The summed E-state index contributed by atoms with van der Waals surface area (Å²) in [6.07, 6.45) is 3.48. The Bertz CT molecular complexity index is 454. The Labute approximate surface area is 117 Å². The van der Waals surface area contributed by atoms with Crippen LogP contribution in [0.2, 0.25) is 0 Å². The zero-order valence-corrected chi connectivity index (χ0v) is 11.4. The zero-order chi connectivity index (χ0) is 14.3. The second-order valence-electron chi connectivity index (χ2n) is 6.31. The van der Waals surface area contributed by atoms with E-state index < -0.39 is 11.4 Å². The Morgan fingerprint density at radius 3 is 2.75 bits per heavy atom. The molecule has 3 fully saturated rings. The summed E-state index contributed by atoms with van der Waals surface area (Å²) in [7, 11) is 0. The van der Waals surface area contributed by atoms with Crippen LogP contribution in [-0.2, 0) is 14.4 Å². The molecule has 0 spiro atoms. The molecule has 0 aromatic carbocycles. The van der Waals surface area contributed by atoms with E-state index in [9.17, 15) is 19.5 Å². The lowest BCUT2D eigenvalue weighted by Crippen LogP contribution is -2.45. The van der Waals surface area contributed by atoms with Crippen molar-refractivity contribution in [1.82, 2.24) is 10.2 Å². The molecule has 1 unspecified atom stereocenters. The first-order chi connectivity index (χ1) is 9.53. The van der Waals surface area contributed by atoms with Gasteiger partial charge in [0.15, 0.2) is 0 Å². The molecule has 6 nitrogen and oxygen atoms in total. The molecule has 3 rings (SSSR count). The predicted molar refractivity (Wildman–Crippen MR) is 69.7 cm³/mol. The van der Waals surface area contributed by atoms with Gasteiger partial charge in [0, 0.05) is 26.1 Å². The number of carboxylic acids is 1. The number of amides is 2. The van der Waals surface area contributed by atoms with E-state index in [1.165, 1.54) is 0 Å². The van der Waals surface area contributed by atoms with Gasteiger partial charge in [-0.15, -0.1) is 0 Å². The molecule has 2 saturated heterocycles. The zero-order valence-electron chi connectivity index (χ0n) is 11.4.